The number of halogens is 7. The highest BCUT2D eigenvalue weighted by Crippen LogP contribution is 2.35. The molecule has 0 saturated heterocycles. The van der Waals surface area contributed by atoms with E-state index in [4.69, 9.17) is 0 Å². The topological polar surface area (TPSA) is 57.4 Å². The number of imidazole rings is 2. The number of hydrogen-bond acceptors (Lipinski definition) is 2. The minimum atomic E-state index is -1.87. The number of rotatable bonds is 4. The minimum absolute atomic E-state index is 0.264. The van der Waals surface area contributed by atoms with Gasteiger partial charge in [0.15, 0.2) is 34.9 Å². The molecule has 0 spiro atoms. The number of benzene rings is 4. The molecule has 0 aliphatic rings. The van der Waals surface area contributed by atoms with Gasteiger partial charge in [0.25, 0.3) is 0 Å². The number of aromatic amines is 2. The van der Waals surface area contributed by atoms with Gasteiger partial charge in [0, 0.05) is 17.5 Å². The minimum Gasteiger partial charge on any atom is -0.342 e. The van der Waals surface area contributed by atoms with Gasteiger partial charge in [0.05, 0.1) is 27.6 Å². The average Bonchev–Trinajstić information content (AvgIpc) is 3.55. The molecule has 0 aliphatic heterocycles. The molecule has 2 heterocycles. The number of nitrogens with one attached hydrogen (secondary N) is 2. The van der Waals surface area contributed by atoms with E-state index in [1.54, 1.807) is 18.2 Å². The molecule has 208 valence electrons. The molecule has 0 amide bonds. The monoisotopic (exact) mass is 568 g/mol. The predicted molar refractivity (Wildman–Crippen MR) is 140 cm³/mol. The highest BCUT2D eigenvalue weighted by atomic mass is 19.2. The molecule has 0 aliphatic carbocycles. The Morgan fingerprint density at radius 1 is 0.561 bits per heavy atom. The number of hydrogen-bond donors (Lipinski definition) is 2. The van der Waals surface area contributed by atoms with Crippen LogP contribution in [0.2, 0.25) is 0 Å². The fourth-order valence-corrected chi connectivity index (χ4v) is 4.95. The van der Waals surface area contributed by atoms with Crippen LogP contribution in [0.15, 0.2) is 36.4 Å². The summed E-state index contributed by atoms with van der Waals surface area (Å²) in [5, 5.41) is 0. The lowest BCUT2D eigenvalue weighted by atomic mass is 9.96. The van der Waals surface area contributed by atoms with Crippen molar-refractivity contribution >= 4 is 22.1 Å². The molecule has 2 aromatic heterocycles. The first-order chi connectivity index (χ1) is 19.5. The molecular weight excluding hydrogens is 549 g/mol. The van der Waals surface area contributed by atoms with Crippen molar-refractivity contribution in [1.82, 2.24) is 19.9 Å². The molecule has 0 unspecified atom stereocenters. The van der Waals surface area contributed by atoms with Crippen LogP contribution >= 0.6 is 0 Å². The van der Waals surface area contributed by atoms with E-state index in [2.05, 4.69) is 19.9 Å². The van der Waals surface area contributed by atoms with Gasteiger partial charge in [0.1, 0.15) is 17.5 Å². The molecule has 41 heavy (non-hydrogen) atoms. The quantitative estimate of drug-likeness (QED) is 0.166. The smallest absolute Gasteiger partial charge is 0.173 e. The Morgan fingerprint density at radius 3 is 1.66 bits per heavy atom. The number of H-pyrrole nitrogens is 2. The van der Waals surface area contributed by atoms with Crippen molar-refractivity contribution in [3.63, 3.8) is 0 Å². The van der Waals surface area contributed by atoms with Gasteiger partial charge in [-0.3, -0.25) is 0 Å². The van der Waals surface area contributed by atoms with E-state index in [1.807, 2.05) is 25.1 Å². The van der Waals surface area contributed by atoms with Gasteiger partial charge in [0.2, 0.25) is 0 Å². The van der Waals surface area contributed by atoms with Crippen LogP contribution in [0.1, 0.15) is 28.1 Å². The van der Waals surface area contributed by atoms with Crippen LogP contribution in [0.5, 0.6) is 0 Å². The van der Waals surface area contributed by atoms with E-state index < -0.39 is 69.7 Å². The molecule has 11 heteroatoms. The summed E-state index contributed by atoms with van der Waals surface area (Å²) < 4.78 is 104. The van der Waals surface area contributed by atoms with Crippen LogP contribution in [0.3, 0.4) is 0 Å². The summed E-state index contributed by atoms with van der Waals surface area (Å²) in [6, 6.07) is 10.5. The lowest BCUT2D eigenvalue weighted by Gasteiger charge is -2.14. The Labute approximate surface area is 227 Å². The fraction of sp³-hybridized carbons (Fsp3) is 0.133. The molecule has 0 atom stereocenters. The van der Waals surface area contributed by atoms with E-state index in [0.29, 0.717) is 5.52 Å². The van der Waals surface area contributed by atoms with E-state index in [-0.39, 0.29) is 16.6 Å². The molecule has 0 fully saturated rings. The van der Waals surface area contributed by atoms with Crippen LogP contribution < -0.4 is 0 Å². The first-order valence-corrected chi connectivity index (χ1v) is 12.4. The van der Waals surface area contributed by atoms with Gasteiger partial charge < -0.3 is 9.97 Å². The maximum Gasteiger partial charge on any atom is 0.173 e. The summed E-state index contributed by atoms with van der Waals surface area (Å²) in [5.41, 5.74) is -0.366. The Balaban J connectivity index is 1.42. The normalized spacial score (nSPS) is 11.8. The SMILES string of the molecule is Cc1nc2ccc(-c3ccc4nc(-c5c(F)c(F)c(Cc6c(F)c(C)c(C)c(F)c6F)c(F)c5F)[nH]c4c3)cc2[nH]1. The van der Waals surface area contributed by atoms with Gasteiger partial charge in [-0.05, 0) is 67.3 Å². The average molecular weight is 568 g/mol. The summed E-state index contributed by atoms with van der Waals surface area (Å²) in [4.78, 5) is 14.3. The van der Waals surface area contributed by atoms with Crippen molar-refractivity contribution in [3.05, 3.63) is 105 Å². The number of fused-ring (bicyclic) bond motifs is 2. The Bertz CT molecular complexity index is 1980. The molecule has 6 aromatic rings. The highest BCUT2D eigenvalue weighted by molar-refractivity contribution is 5.87. The molecule has 0 radical (unpaired) electrons. The second kappa shape index (κ2) is 9.46. The zero-order valence-electron chi connectivity index (χ0n) is 21.7. The molecule has 4 nitrogen and oxygen atoms in total. The number of aromatic nitrogens is 4. The van der Waals surface area contributed by atoms with Crippen molar-refractivity contribution < 1.29 is 30.7 Å². The second-order valence-corrected chi connectivity index (χ2v) is 9.83. The molecule has 2 N–H and O–H groups in total. The Kier molecular flexibility index (Phi) is 6.13. The first kappa shape index (κ1) is 26.5. The standard InChI is InChI=1S/C30H19F7N4/c1-11-12(2)24(32)25(33)16(23(11)31)10-17-26(34)28(36)22(29(37)27(17)35)30-40-19-7-5-15(9-21(19)41-30)14-4-6-18-20(8-14)39-13(3)38-18/h4-9H,10H2,1-3H3,(H,38,39)(H,40,41). The lowest BCUT2D eigenvalue weighted by Crippen LogP contribution is -2.11. The summed E-state index contributed by atoms with van der Waals surface area (Å²) in [5.74, 6) is -11.5. The van der Waals surface area contributed by atoms with E-state index >= 15 is 17.6 Å². The van der Waals surface area contributed by atoms with Gasteiger partial charge in [-0.15, -0.1) is 0 Å². The Hall–Kier alpha value is -4.67. The van der Waals surface area contributed by atoms with Crippen LogP contribution in [-0.2, 0) is 6.42 Å². The van der Waals surface area contributed by atoms with E-state index in [9.17, 15) is 13.2 Å². The van der Waals surface area contributed by atoms with Crippen LogP contribution in [0, 0.1) is 61.5 Å². The van der Waals surface area contributed by atoms with Crippen molar-refractivity contribution in [2.45, 2.75) is 27.2 Å². The van der Waals surface area contributed by atoms with Crippen molar-refractivity contribution in [3.8, 4) is 22.5 Å². The second-order valence-electron chi connectivity index (χ2n) is 9.83. The lowest BCUT2D eigenvalue weighted by molar-refractivity contribution is 0.439. The first-order valence-electron chi connectivity index (χ1n) is 12.4. The molecular formula is C30H19F7N4. The molecule has 0 bridgehead atoms. The molecule has 6 rings (SSSR count). The zero-order chi connectivity index (χ0) is 29.3. The highest BCUT2D eigenvalue weighted by Gasteiger charge is 2.30. The molecule has 0 saturated carbocycles. The summed E-state index contributed by atoms with van der Waals surface area (Å²) >= 11 is 0. The fourth-order valence-electron chi connectivity index (χ4n) is 4.95. The van der Waals surface area contributed by atoms with Gasteiger partial charge in [-0.25, -0.2) is 40.7 Å². The van der Waals surface area contributed by atoms with Gasteiger partial charge in [-0.2, -0.15) is 0 Å². The maximum atomic E-state index is 15.2. The summed E-state index contributed by atoms with van der Waals surface area (Å²) in [7, 11) is 0. The molecule has 4 aromatic carbocycles. The van der Waals surface area contributed by atoms with Gasteiger partial charge >= 0.3 is 0 Å². The van der Waals surface area contributed by atoms with E-state index in [0.717, 1.165) is 41.8 Å². The van der Waals surface area contributed by atoms with Crippen molar-refractivity contribution in [2.75, 3.05) is 0 Å². The van der Waals surface area contributed by atoms with Gasteiger partial charge in [-0.1, -0.05) is 12.1 Å². The van der Waals surface area contributed by atoms with Crippen molar-refractivity contribution in [2.24, 2.45) is 0 Å². The van der Waals surface area contributed by atoms with E-state index in [1.165, 1.54) is 0 Å². The third-order valence-corrected chi connectivity index (χ3v) is 7.30. The summed E-state index contributed by atoms with van der Waals surface area (Å²) in [6.45, 7) is 4.11. The predicted octanol–water partition coefficient (Wildman–Crippen LogP) is 8.26. The summed E-state index contributed by atoms with van der Waals surface area (Å²) in [6.07, 6.45) is -1.26. The third-order valence-electron chi connectivity index (χ3n) is 7.30. The van der Waals surface area contributed by atoms with Crippen LogP contribution in [-0.4, -0.2) is 19.9 Å². The maximum absolute atomic E-state index is 15.2. The largest absolute Gasteiger partial charge is 0.342 e. The third kappa shape index (κ3) is 4.14. The zero-order valence-corrected chi connectivity index (χ0v) is 21.7. The number of aryl methyl sites for hydroxylation is 1. The van der Waals surface area contributed by atoms with Crippen LogP contribution in [0.4, 0.5) is 30.7 Å². The number of nitrogens with zero attached hydrogens (tertiary/aromatic N) is 2. The van der Waals surface area contributed by atoms with Crippen LogP contribution in [0.25, 0.3) is 44.6 Å². The Morgan fingerprint density at radius 2 is 1.05 bits per heavy atom. The van der Waals surface area contributed by atoms with Crippen molar-refractivity contribution in [1.29, 1.82) is 0 Å².